The Morgan fingerprint density at radius 2 is 1.04 bits per heavy atom. The summed E-state index contributed by atoms with van der Waals surface area (Å²) in [6, 6.07) is 10.8. The van der Waals surface area contributed by atoms with Crippen LogP contribution < -0.4 is 5.73 Å². The van der Waals surface area contributed by atoms with Gasteiger partial charge in [-0.25, -0.2) is 0 Å². The number of amides is 1. The normalized spacial score (nSPS) is 10.8. The van der Waals surface area contributed by atoms with E-state index in [0.29, 0.717) is 6.42 Å². The molecule has 136 valence electrons. The number of benzene rings is 1. The third-order valence-corrected chi connectivity index (χ3v) is 4.73. The molecule has 0 aromatic heterocycles. The third kappa shape index (κ3) is 13.2. The summed E-state index contributed by atoms with van der Waals surface area (Å²) in [7, 11) is 0. The van der Waals surface area contributed by atoms with E-state index in [2.05, 4.69) is 30.3 Å². The lowest BCUT2D eigenvalue weighted by atomic mass is 10.0. The predicted molar refractivity (Wildman–Crippen MR) is 104 cm³/mol. The summed E-state index contributed by atoms with van der Waals surface area (Å²) in [6.07, 6.45) is 19.0. The monoisotopic (exact) mass is 331 g/mol. The van der Waals surface area contributed by atoms with Crippen molar-refractivity contribution < 1.29 is 4.79 Å². The van der Waals surface area contributed by atoms with Crippen molar-refractivity contribution in [2.45, 2.75) is 96.3 Å². The Bertz CT molecular complexity index is 402. The number of aryl methyl sites for hydroxylation is 1. The van der Waals surface area contributed by atoms with Crippen molar-refractivity contribution in [1.82, 2.24) is 0 Å². The lowest BCUT2D eigenvalue weighted by Gasteiger charge is -2.04. The lowest BCUT2D eigenvalue weighted by molar-refractivity contribution is -0.118. The first-order chi connectivity index (χ1) is 11.8. The van der Waals surface area contributed by atoms with Gasteiger partial charge < -0.3 is 5.73 Å². The summed E-state index contributed by atoms with van der Waals surface area (Å²) in [5, 5.41) is 0. The Hall–Kier alpha value is -1.31. The van der Waals surface area contributed by atoms with Gasteiger partial charge in [0.2, 0.25) is 5.91 Å². The zero-order valence-corrected chi connectivity index (χ0v) is 15.5. The molecule has 24 heavy (non-hydrogen) atoms. The van der Waals surface area contributed by atoms with Crippen molar-refractivity contribution in [3.8, 4) is 0 Å². The molecule has 0 unspecified atom stereocenters. The van der Waals surface area contributed by atoms with E-state index in [1.807, 2.05) is 0 Å². The molecular weight excluding hydrogens is 294 g/mol. The lowest BCUT2D eigenvalue weighted by Crippen LogP contribution is -2.09. The third-order valence-electron chi connectivity index (χ3n) is 4.73. The summed E-state index contributed by atoms with van der Waals surface area (Å²) in [5.41, 5.74) is 6.61. The van der Waals surface area contributed by atoms with Gasteiger partial charge in [-0.05, 0) is 24.8 Å². The van der Waals surface area contributed by atoms with Gasteiger partial charge in [0, 0.05) is 6.42 Å². The molecule has 0 atom stereocenters. The highest BCUT2D eigenvalue weighted by molar-refractivity contribution is 5.73. The summed E-state index contributed by atoms with van der Waals surface area (Å²) >= 11 is 0. The number of unbranched alkanes of at least 4 members (excludes halogenated alkanes) is 12. The second-order valence-corrected chi connectivity index (χ2v) is 7.05. The second-order valence-electron chi connectivity index (χ2n) is 7.05. The maximum absolute atomic E-state index is 10.6. The largest absolute Gasteiger partial charge is 0.370 e. The van der Waals surface area contributed by atoms with Crippen molar-refractivity contribution in [2.24, 2.45) is 5.73 Å². The molecule has 0 fully saturated rings. The van der Waals surface area contributed by atoms with Crippen LogP contribution in [0.15, 0.2) is 30.3 Å². The molecule has 0 aliphatic heterocycles. The highest BCUT2D eigenvalue weighted by Gasteiger charge is 1.96. The first kappa shape index (κ1) is 20.7. The molecule has 1 rings (SSSR count). The van der Waals surface area contributed by atoms with E-state index in [-0.39, 0.29) is 5.91 Å². The topological polar surface area (TPSA) is 43.1 Å². The number of nitrogens with two attached hydrogens (primary N) is 1. The predicted octanol–water partition coefficient (Wildman–Crippen LogP) is 6.18. The van der Waals surface area contributed by atoms with Crippen molar-refractivity contribution in [3.05, 3.63) is 35.9 Å². The first-order valence-electron chi connectivity index (χ1n) is 10.1. The maximum atomic E-state index is 10.6. The van der Waals surface area contributed by atoms with Gasteiger partial charge in [0.25, 0.3) is 0 Å². The highest BCUT2D eigenvalue weighted by Crippen LogP contribution is 2.13. The molecule has 0 saturated heterocycles. The van der Waals surface area contributed by atoms with Gasteiger partial charge in [-0.15, -0.1) is 0 Å². The quantitative estimate of drug-likeness (QED) is 0.361. The van der Waals surface area contributed by atoms with Crippen LogP contribution in [0.1, 0.15) is 95.5 Å². The highest BCUT2D eigenvalue weighted by atomic mass is 16.1. The van der Waals surface area contributed by atoms with E-state index in [9.17, 15) is 4.79 Å². The van der Waals surface area contributed by atoms with Gasteiger partial charge in [-0.2, -0.15) is 0 Å². The molecular formula is C22H37NO. The zero-order valence-electron chi connectivity index (χ0n) is 15.5. The van der Waals surface area contributed by atoms with Crippen LogP contribution in [-0.2, 0) is 11.2 Å². The van der Waals surface area contributed by atoms with E-state index in [0.717, 1.165) is 12.8 Å². The molecule has 0 spiro atoms. The molecule has 0 aliphatic rings. The molecule has 0 heterocycles. The molecule has 2 nitrogen and oxygen atoms in total. The molecule has 1 amide bonds. The Kier molecular flexibility index (Phi) is 13.2. The van der Waals surface area contributed by atoms with Gasteiger partial charge in [0.15, 0.2) is 0 Å². The fraction of sp³-hybridized carbons (Fsp3) is 0.682. The zero-order chi connectivity index (χ0) is 17.3. The van der Waals surface area contributed by atoms with Crippen LogP contribution in [0, 0.1) is 0 Å². The van der Waals surface area contributed by atoms with Gasteiger partial charge in [-0.1, -0.05) is 101 Å². The number of hydrogen-bond acceptors (Lipinski definition) is 1. The Morgan fingerprint density at radius 3 is 1.50 bits per heavy atom. The average molecular weight is 332 g/mol. The minimum absolute atomic E-state index is 0.157. The van der Waals surface area contributed by atoms with Gasteiger partial charge in [0.05, 0.1) is 0 Å². The van der Waals surface area contributed by atoms with Gasteiger partial charge >= 0.3 is 0 Å². The standard InChI is InChI=1S/C22H37NO/c23-22(24)20-16-11-9-7-5-3-1-2-4-6-8-10-13-17-21-18-14-12-15-19-21/h12,14-15,18-19H,1-11,13,16-17,20H2,(H2,23,24). The molecule has 2 N–H and O–H groups in total. The summed E-state index contributed by atoms with van der Waals surface area (Å²) < 4.78 is 0. The number of rotatable bonds is 16. The summed E-state index contributed by atoms with van der Waals surface area (Å²) in [4.78, 5) is 10.6. The van der Waals surface area contributed by atoms with E-state index < -0.39 is 0 Å². The molecule has 2 heteroatoms. The van der Waals surface area contributed by atoms with Crippen LogP contribution in [-0.4, -0.2) is 5.91 Å². The van der Waals surface area contributed by atoms with E-state index in [1.54, 1.807) is 0 Å². The first-order valence-corrected chi connectivity index (χ1v) is 10.1. The molecule has 0 saturated carbocycles. The van der Waals surface area contributed by atoms with Crippen LogP contribution in [0.3, 0.4) is 0 Å². The Balaban J connectivity index is 1.72. The average Bonchev–Trinajstić information content (AvgIpc) is 2.59. The second kappa shape index (κ2) is 15.2. The number of hydrogen-bond donors (Lipinski definition) is 1. The summed E-state index contributed by atoms with van der Waals surface area (Å²) in [6.45, 7) is 0. The smallest absolute Gasteiger partial charge is 0.217 e. The van der Waals surface area contributed by atoms with Gasteiger partial charge in [0.1, 0.15) is 0 Å². The van der Waals surface area contributed by atoms with E-state index in [1.165, 1.54) is 82.6 Å². The fourth-order valence-electron chi connectivity index (χ4n) is 3.22. The van der Waals surface area contributed by atoms with Crippen molar-refractivity contribution in [3.63, 3.8) is 0 Å². The van der Waals surface area contributed by atoms with E-state index in [4.69, 9.17) is 5.73 Å². The van der Waals surface area contributed by atoms with Crippen LogP contribution in [0.5, 0.6) is 0 Å². The minimum atomic E-state index is -0.157. The van der Waals surface area contributed by atoms with E-state index >= 15 is 0 Å². The number of primary amides is 1. The van der Waals surface area contributed by atoms with Crippen LogP contribution in [0.4, 0.5) is 0 Å². The van der Waals surface area contributed by atoms with Crippen LogP contribution in [0.25, 0.3) is 0 Å². The van der Waals surface area contributed by atoms with Crippen LogP contribution in [0.2, 0.25) is 0 Å². The maximum Gasteiger partial charge on any atom is 0.217 e. The van der Waals surface area contributed by atoms with Crippen molar-refractivity contribution in [2.75, 3.05) is 0 Å². The molecule has 1 aromatic carbocycles. The number of carbonyl (C=O) groups is 1. The van der Waals surface area contributed by atoms with Crippen molar-refractivity contribution in [1.29, 1.82) is 0 Å². The Labute approximate surface area is 149 Å². The molecule has 0 aliphatic carbocycles. The van der Waals surface area contributed by atoms with Crippen molar-refractivity contribution >= 4 is 5.91 Å². The number of carbonyl (C=O) groups excluding carboxylic acids is 1. The van der Waals surface area contributed by atoms with Gasteiger partial charge in [-0.3, -0.25) is 4.79 Å². The SMILES string of the molecule is NC(=O)CCCCCCCCCCCCCCCc1ccccc1. The van der Waals surface area contributed by atoms with Crippen LogP contribution >= 0.6 is 0 Å². The molecule has 1 aromatic rings. The summed E-state index contributed by atoms with van der Waals surface area (Å²) in [5.74, 6) is -0.157. The fourth-order valence-corrected chi connectivity index (χ4v) is 3.22. The minimum Gasteiger partial charge on any atom is -0.370 e. The molecule has 0 bridgehead atoms. The Morgan fingerprint density at radius 1 is 0.625 bits per heavy atom. The molecule has 0 radical (unpaired) electrons.